The van der Waals surface area contributed by atoms with E-state index in [4.69, 9.17) is 4.98 Å². The average Bonchev–Trinajstić information content (AvgIpc) is 2.48. The van der Waals surface area contributed by atoms with Crippen LogP contribution >= 0.6 is 11.8 Å². The molecule has 0 saturated heterocycles. The summed E-state index contributed by atoms with van der Waals surface area (Å²) >= 11 is 1.50. The molecule has 0 bridgehead atoms. The molecule has 0 spiro atoms. The highest BCUT2D eigenvalue weighted by Gasteiger charge is 2.35. The van der Waals surface area contributed by atoms with Crippen molar-refractivity contribution in [3.05, 3.63) is 58.4 Å². The second-order valence-corrected chi connectivity index (χ2v) is 7.02. The summed E-state index contributed by atoms with van der Waals surface area (Å²) in [6, 6.07) is 8.26. The zero-order chi connectivity index (χ0) is 15.9. The van der Waals surface area contributed by atoms with Gasteiger partial charge in [-0.3, -0.25) is 9.36 Å². The molecular formula is C18H20N2OS. The Morgan fingerprint density at radius 2 is 2.14 bits per heavy atom. The van der Waals surface area contributed by atoms with Crippen molar-refractivity contribution >= 4 is 11.8 Å². The van der Waals surface area contributed by atoms with Crippen LogP contribution in [-0.4, -0.2) is 15.8 Å². The molecule has 1 aliphatic rings. The number of allylic oxidation sites excluding steroid dienone is 1. The predicted molar refractivity (Wildman–Crippen MR) is 92.6 cm³/mol. The quantitative estimate of drug-likeness (QED) is 0.493. The van der Waals surface area contributed by atoms with Crippen LogP contribution < -0.4 is 5.56 Å². The van der Waals surface area contributed by atoms with Crippen LogP contribution in [0.15, 0.2) is 46.9 Å². The SMILES string of the molecule is C=CCn1c(SC)nc2c(c1=O)C(C)(C)Cc1ccccc1-2. The van der Waals surface area contributed by atoms with E-state index in [0.717, 1.165) is 28.4 Å². The Hall–Kier alpha value is -1.81. The number of hydrogen-bond acceptors (Lipinski definition) is 3. The van der Waals surface area contributed by atoms with E-state index in [1.165, 1.54) is 17.3 Å². The van der Waals surface area contributed by atoms with Crippen molar-refractivity contribution in [1.82, 2.24) is 9.55 Å². The van der Waals surface area contributed by atoms with E-state index in [1.807, 2.05) is 18.4 Å². The number of fused-ring (bicyclic) bond motifs is 3. The number of rotatable bonds is 3. The first kappa shape index (κ1) is 15.1. The molecule has 0 amide bonds. The van der Waals surface area contributed by atoms with Crippen molar-refractivity contribution in [2.24, 2.45) is 0 Å². The van der Waals surface area contributed by atoms with Crippen molar-refractivity contribution in [3.8, 4) is 11.3 Å². The van der Waals surface area contributed by atoms with E-state index in [-0.39, 0.29) is 11.0 Å². The third-order valence-electron chi connectivity index (χ3n) is 4.21. The summed E-state index contributed by atoms with van der Waals surface area (Å²) in [7, 11) is 0. The summed E-state index contributed by atoms with van der Waals surface area (Å²) in [6.07, 6.45) is 4.56. The summed E-state index contributed by atoms with van der Waals surface area (Å²) in [6.45, 7) is 8.51. The van der Waals surface area contributed by atoms with Crippen LogP contribution in [0.5, 0.6) is 0 Å². The monoisotopic (exact) mass is 312 g/mol. The van der Waals surface area contributed by atoms with Crippen molar-refractivity contribution in [2.75, 3.05) is 6.26 Å². The maximum absolute atomic E-state index is 13.1. The number of aromatic nitrogens is 2. The molecule has 4 heteroatoms. The van der Waals surface area contributed by atoms with Gasteiger partial charge in [-0.25, -0.2) is 4.98 Å². The van der Waals surface area contributed by atoms with Crippen LogP contribution in [0, 0.1) is 0 Å². The smallest absolute Gasteiger partial charge is 0.258 e. The Morgan fingerprint density at radius 1 is 1.41 bits per heavy atom. The topological polar surface area (TPSA) is 34.9 Å². The van der Waals surface area contributed by atoms with E-state index in [1.54, 1.807) is 10.6 Å². The molecule has 3 nitrogen and oxygen atoms in total. The van der Waals surface area contributed by atoms with Crippen molar-refractivity contribution in [1.29, 1.82) is 0 Å². The fourth-order valence-electron chi connectivity index (χ4n) is 3.26. The number of thioether (sulfide) groups is 1. The molecule has 1 aromatic carbocycles. The lowest BCUT2D eigenvalue weighted by Gasteiger charge is -2.33. The lowest BCUT2D eigenvalue weighted by molar-refractivity contribution is 0.490. The van der Waals surface area contributed by atoms with Crippen LogP contribution in [0.1, 0.15) is 25.0 Å². The highest BCUT2D eigenvalue weighted by atomic mass is 32.2. The van der Waals surface area contributed by atoms with Gasteiger partial charge in [0.1, 0.15) is 0 Å². The molecule has 0 fully saturated rings. The molecule has 0 unspecified atom stereocenters. The normalized spacial score (nSPS) is 15.0. The molecule has 2 aromatic rings. The van der Waals surface area contributed by atoms with E-state index >= 15 is 0 Å². The molecule has 3 rings (SSSR count). The lowest BCUT2D eigenvalue weighted by Crippen LogP contribution is -2.38. The number of nitrogens with zero attached hydrogens (tertiary/aromatic N) is 2. The molecule has 0 atom stereocenters. The Bertz CT molecular complexity index is 805. The minimum Gasteiger partial charge on any atom is -0.283 e. The fourth-order valence-corrected chi connectivity index (χ4v) is 3.82. The molecule has 1 aliphatic carbocycles. The molecule has 0 N–H and O–H groups in total. The molecule has 1 heterocycles. The van der Waals surface area contributed by atoms with Gasteiger partial charge in [0.25, 0.3) is 5.56 Å². The Labute approximate surface area is 135 Å². The maximum Gasteiger partial charge on any atom is 0.258 e. The van der Waals surface area contributed by atoms with Crippen LogP contribution in [-0.2, 0) is 18.4 Å². The Morgan fingerprint density at radius 3 is 2.82 bits per heavy atom. The molecule has 0 radical (unpaired) electrons. The highest BCUT2D eigenvalue weighted by molar-refractivity contribution is 7.98. The van der Waals surface area contributed by atoms with Crippen LogP contribution in [0.4, 0.5) is 0 Å². The zero-order valence-corrected chi connectivity index (χ0v) is 14.0. The highest BCUT2D eigenvalue weighted by Crippen LogP contribution is 2.40. The number of hydrogen-bond donors (Lipinski definition) is 0. The summed E-state index contributed by atoms with van der Waals surface area (Å²) < 4.78 is 1.73. The Balaban J connectivity index is 2.40. The van der Waals surface area contributed by atoms with Gasteiger partial charge in [-0.2, -0.15) is 0 Å². The molecule has 0 aliphatic heterocycles. The second-order valence-electron chi connectivity index (χ2n) is 6.24. The number of benzene rings is 1. The maximum atomic E-state index is 13.1. The van der Waals surface area contributed by atoms with Crippen LogP contribution in [0.3, 0.4) is 0 Å². The average molecular weight is 312 g/mol. The minimum atomic E-state index is -0.215. The van der Waals surface area contributed by atoms with Crippen molar-refractivity contribution < 1.29 is 0 Å². The zero-order valence-electron chi connectivity index (χ0n) is 13.2. The van der Waals surface area contributed by atoms with Gasteiger partial charge in [-0.1, -0.05) is 56.0 Å². The van der Waals surface area contributed by atoms with Gasteiger partial charge in [-0.15, -0.1) is 6.58 Å². The van der Waals surface area contributed by atoms with Crippen molar-refractivity contribution in [3.63, 3.8) is 0 Å². The van der Waals surface area contributed by atoms with Crippen LogP contribution in [0.25, 0.3) is 11.3 Å². The molecule has 114 valence electrons. The summed E-state index contributed by atoms with van der Waals surface area (Å²) in [5.41, 5.74) is 3.88. The largest absolute Gasteiger partial charge is 0.283 e. The van der Waals surface area contributed by atoms with E-state index in [0.29, 0.717) is 6.54 Å². The van der Waals surface area contributed by atoms with Gasteiger partial charge in [0, 0.05) is 23.1 Å². The van der Waals surface area contributed by atoms with Gasteiger partial charge in [0.05, 0.1) is 5.69 Å². The van der Waals surface area contributed by atoms with E-state index in [2.05, 4.69) is 32.6 Å². The molecule has 1 aromatic heterocycles. The van der Waals surface area contributed by atoms with E-state index < -0.39 is 0 Å². The standard InChI is InChI=1S/C18H20N2OS/c1-5-10-20-16(21)14-15(19-17(20)22-4)13-9-7-6-8-12(13)11-18(14,2)3/h5-9H,1,10-11H2,2-4H3. The predicted octanol–water partition coefficient (Wildman–Crippen LogP) is 3.65. The van der Waals surface area contributed by atoms with Crippen molar-refractivity contribution in [2.45, 2.75) is 37.4 Å². The van der Waals surface area contributed by atoms with Crippen LogP contribution in [0.2, 0.25) is 0 Å². The summed E-state index contributed by atoms with van der Waals surface area (Å²) in [5, 5.41) is 0.746. The van der Waals surface area contributed by atoms with Gasteiger partial charge in [0.2, 0.25) is 0 Å². The minimum absolute atomic E-state index is 0.0637. The first-order valence-corrected chi connectivity index (χ1v) is 8.60. The third kappa shape index (κ3) is 2.22. The van der Waals surface area contributed by atoms with Gasteiger partial charge < -0.3 is 0 Å². The summed E-state index contributed by atoms with van der Waals surface area (Å²) in [5.74, 6) is 0. The fraction of sp³-hybridized carbons (Fsp3) is 0.333. The van der Waals surface area contributed by atoms with Gasteiger partial charge in [-0.05, 0) is 18.2 Å². The van der Waals surface area contributed by atoms with Gasteiger partial charge >= 0.3 is 0 Å². The van der Waals surface area contributed by atoms with E-state index in [9.17, 15) is 4.79 Å². The first-order chi connectivity index (χ1) is 10.5. The second kappa shape index (κ2) is 5.43. The summed E-state index contributed by atoms with van der Waals surface area (Å²) in [4.78, 5) is 17.9. The third-order valence-corrected chi connectivity index (χ3v) is 4.89. The lowest BCUT2D eigenvalue weighted by atomic mass is 9.72. The first-order valence-electron chi connectivity index (χ1n) is 7.38. The molecule has 0 saturated carbocycles. The van der Waals surface area contributed by atoms with Gasteiger partial charge in [0.15, 0.2) is 5.16 Å². The molecular weight excluding hydrogens is 292 g/mol. The molecule has 22 heavy (non-hydrogen) atoms. The Kier molecular flexibility index (Phi) is 3.73.